The fraction of sp³-hybridized carbons (Fsp3) is 0.421. The number of rotatable bonds is 6. The molecule has 274 valence electrons. The number of ether oxygens (including phenoxy) is 1. The van der Waals surface area contributed by atoms with E-state index in [2.05, 4.69) is 24.9 Å². The molecule has 12 nitrogen and oxygen atoms in total. The van der Waals surface area contributed by atoms with Crippen LogP contribution in [0.3, 0.4) is 0 Å². The van der Waals surface area contributed by atoms with Crippen LogP contribution in [0.1, 0.15) is 49.4 Å². The Hall–Kier alpha value is -5.31. The highest BCUT2D eigenvalue weighted by Crippen LogP contribution is 2.45. The van der Waals surface area contributed by atoms with Gasteiger partial charge < -0.3 is 19.6 Å². The summed E-state index contributed by atoms with van der Waals surface area (Å²) < 4.78 is 54.4. The number of alkyl halides is 1. The minimum absolute atomic E-state index is 0.00935. The quantitative estimate of drug-likeness (QED) is 0.216. The van der Waals surface area contributed by atoms with Gasteiger partial charge in [0.25, 0.3) is 0 Å². The van der Waals surface area contributed by atoms with Gasteiger partial charge >= 0.3 is 12.0 Å². The summed E-state index contributed by atoms with van der Waals surface area (Å²) in [5, 5.41) is 15.6. The Kier molecular flexibility index (Phi) is 7.84. The number of halogens is 3. The van der Waals surface area contributed by atoms with Crippen LogP contribution in [0.5, 0.6) is 11.8 Å². The molecule has 2 aromatic heterocycles. The number of benzene rings is 3. The molecule has 4 saturated heterocycles. The number of aromatic hydroxyl groups is 1. The summed E-state index contributed by atoms with van der Waals surface area (Å²) in [4.78, 5) is 44.9. The Bertz CT molecular complexity index is 2300. The van der Waals surface area contributed by atoms with Gasteiger partial charge in [-0.25, -0.2) is 22.9 Å². The molecule has 0 saturated carbocycles. The standard InChI is InChI=1S/C38H37F3N8O4/c1-22(50)30-29(40)7-4-23-12-25(51)13-28(31(23)30)26-5-6-27-33(32(26)41)44-35(53-19-38-9-3-11-48(38)15-24(39)14-38)45-34(27)46-10-2-8-37(16-46)17-47(18-37)36(52)49-21-42-20-43-49/h4-7,12-13,20-21,24,51H,2-3,8-11,14-19H2,1H3/t24-,38+/m1/s1. The highest BCUT2D eigenvalue weighted by atomic mass is 19.1. The molecule has 1 amide bonds. The number of fused-ring (bicyclic) bond motifs is 3. The summed E-state index contributed by atoms with van der Waals surface area (Å²) in [6.07, 6.45) is 5.45. The number of hydrogen-bond donors (Lipinski definition) is 1. The number of nitrogens with zero attached hydrogens (tertiary/aromatic N) is 8. The molecule has 0 aliphatic carbocycles. The lowest BCUT2D eigenvalue weighted by molar-refractivity contribution is 0.0189. The number of piperidine rings is 1. The number of Topliss-reactive ketones (excluding diaryl/α,β-unsaturated/α-hetero) is 1. The molecule has 1 N–H and O–H groups in total. The monoisotopic (exact) mass is 726 g/mol. The van der Waals surface area contributed by atoms with Crippen molar-refractivity contribution in [3.8, 4) is 22.9 Å². The first-order chi connectivity index (χ1) is 25.5. The van der Waals surface area contributed by atoms with E-state index in [-0.39, 0.29) is 57.4 Å². The molecule has 6 heterocycles. The van der Waals surface area contributed by atoms with Gasteiger partial charge in [-0.3, -0.25) is 9.69 Å². The van der Waals surface area contributed by atoms with Gasteiger partial charge in [-0.2, -0.15) is 19.7 Å². The maximum Gasteiger partial charge on any atom is 0.346 e. The number of phenols is 1. The van der Waals surface area contributed by atoms with Crippen LogP contribution in [0.15, 0.2) is 49.1 Å². The summed E-state index contributed by atoms with van der Waals surface area (Å²) in [5.41, 5.74) is -0.824. The number of ketones is 1. The summed E-state index contributed by atoms with van der Waals surface area (Å²) >= 11 is 0. The van der Waals surface area contributed by atoms with Gasteiger partial charge in [0.05, 0.1) is 11.1 Å². The van der Waals surface area contributed by atoms with E-state index in [1.54, 1.807) is 11.0 Å². The van der Waals surface area contributed by atoms with Crippen molar-refractivity contribution in [1.29, 1.82) is 0 Å². The van der Waals surface area contributed by atoms with Gasteiger partial charge in [0, 0.05) is 60.9 Å². The van der Waals surface area contributed by atoms with Gasteiger partial charge in [0.2, 0.25) is 0 Å². The molecule has 5 aromatic rings. The van der Waals surface area contributed by atoms with E-state index in [1.165, 1.54) is 48.5 Å². The highest BCUT2D eigenvalue weighted by molar-refractivity contribution is 6.13. The van der Waals surface area contributed by atoms with Crippen molar-refractivity contribution in [3.63, 3.8) is 0 Å². The zero-order valence-electron chi connectivity index (χ0n) is 29.1. The topological polar surface area (TPSA) is 130 Å². The average Bonchev–Trinajstić information content (AvgIpc) is 3.86. The number of carbonyl (C=O) groups is 2. The lowest BCUT2D eigenvalue weighted by atomic mass is 9.73. The van der Waals surface area contributed by atoms with Crippen molar-refractivity contribution in [1.82, 2.24) is 34.5 Å². The van der Waals surface area contributed by atoms with Crippen LogP contribution in [0.2, 0.25) is 0 Å². The molecular formula is C38H37F3N8O4. The van der Waals surface area contributed by atoms with Gasteiger partial charge in [0.1, 0.15) is 48.3 Å². The molecular weight excluding hydrogens is 689 g/mol. The van der Waals surface area contributed by atoms with Crippen molar-refractivity contribution in [2.45, 2.75) is 50.7 Å². The number of aromatic nitrogens is 5. The second-order valence-corrected chi connectivity index (χ2v) is 15.1. The molecule has 15 heteroatoms. The zero-order valence-corrected chi connectivity index (χ0v) is 29.1. The van der Waals surface area contributed by atoms with Crippen LogP contribution in [-0.4, -0.2) is 109 Å². The molecule has 2 atom stereocenters. The third kappa shape index (κ3) is 5.54. The Morgan fingerprint density at radius 1 is 1.02 bits per heavy atom. The molecule has 1 spiro atoms. The second-order valence-electron chi connectivity index (χ2n) is 15.1. The molecule has 0 radical (unpaired) electrons. The first kappa shape index (κ1) is 33.5. The van der Waals surface area contributed by atoms with Gasteiger partial charge in [-0.1, -0.05) is 12.1 Å². The molecule has 4 aliphatic heterocycles. The maximum atomic E-state index is 17.1. The Balaban J connectivity index is 1.13. The van der Waals surface area contributed by atoms with Gasteiger partial charge in [0.15, 0.2) is 11.6 Å². The highest BCUT2D eigenvalue weighted by Gasteiger charge is 2.50. The Morgan fingerprint density at radius 2 is 1.85 bits per heavy atom. The van der Waals surface area contributed by atoms with E-state index >= 15 is 8.78 Å². The molecule has 3 aromatic carbocycles. The van der Waals surface area contributed by atoms with Crippen molar-refractivity contribution >= 4 is 39.3 Å². The first-order valence-corrected chi connectivity index (χ1v) is 17.9. The lowest BCUT2D eigenvalue weighted by Gasteiger charge is -2.54. The second kappa shape index (κ2) is 12.4. The van der Waals surface area contributed by atoms with Crippen LogP contribution in [0.4, 0.5) is 23.8 Å². The van der Waals surface area contributed by atoms with E-state index < -0.39 is 29.1 Å². The van der Waals surface area contributed by atoms with Crippen LogP contribution in [0, 0.1) is 17.0 Å². The molecule has 4 fully saturated rings. The number of likely N-dealkylation sites (tertiary alicyclic amines) is 1. The number of anilines is 1. The number of carbonyl (C=O) groups excluding carboxylic acids is 2. The predicted molar refractivity (Wildman–Crippen MR) is 189 cm³/mol. The van der Waals surface area contributed by atoms with Crippen LogP contribution in [0.25, 0.3) is 32.8 Å². The summed E-state index contributed by atoms with van der Waals surface area (Å²) in [6.45, 7) is 4.69. The average molecular weight is 727 g/mol. The fourth-order valence-corrected chi connectivity index (χ4v) is 9.27. The summed E-state index contributed by atoms with van der Waals surface area (Å²) in [5.74, 6) is -1.77. The van der Waals surface area contributed by atoms with Crippen molar-refractivity contribution in [2.75, 3.05) is 50.8 Å². The number of phenolic OH excluding ortho intramolecular Hbond substituents is 1. The third-order valence-corrected chi connectivity index (χ3v) is 11.6. The lowest BCUT2D eigenvalue weighted by Crippen LogP contribution is -2.65. The fourth-order valence-electron chi connectivity index (χ4n) is 9.27. The van der Waals surface area contributed by atoms with E-state index in [1.807, 2.05) is 0 Å². The normalized spacial score (nSPS) is 22.5. The van der Waals surface area contributed by atoms with Crippen molar-refractivity contribution < 1.29 is 32.6 Å². The van der Waals surface area contributed by atoms with Gasteiger partial charge in [-0.15, -0.1) is 0 Å². The molecule has 4 aliphatic rings. The van der Waals surface area contributed by atoms with Crippen LogP contribution < -0.4 is 9.64 Å². The summed E-state index contributed by atoms with van der Waals surface area (Å²) in [7, 11) is 0. The van der Waals surface area contributed by atoms with E-state index in [0.717, 1.165) is 38.3 Å². The van der Waals surface area contributed by atoms with Crippen LogP contribution >= 0.6 is 0 Å². The molecule has 0 unspecified atom stereocenters. The zero-order chi connectivity index (χ0) is 36.6. The third-order valence-electron chi connectivity index (χ3n) is 11.6. The van der Waals surface area contributed by atoms with Gasteiger partial charge in [-0.05, 0) is 74.4 Å². The Morgan fingerprint density at radius 3 is 2.64 bits per heavy atom. The van der Waals surface area contributed by atoms with Crippen molar-refractivity contribution in [2.24, 2.45) is 5.41 Å². The number of amides is 1. The van der Waals surface area contributed by atoms with Crippen LogP contribution in [-0.2, 0) is 0 Å². The maximum absolute atomic E-state index is 17.1. The predicted octanol–water partition coefficient (Wildman–Crippen LogP) is 5.75. The minimum Gasteiger partial charge on any atom is -0.508 e. The smallest absolute Gasteiger partial charge is 0.346 e. The summed E-state index contributed by atoms with van der Waals surface area (Å²) in [6, 6.07) is 8.23. The Labute approximate surface area is 302 Å². The SMILES string of the molecule is CC(=O)c1c(F)ccc2cc(O)cc(-c3ccc4c(N5CCCC6(CN(C(=O)n7cncn7)C6)C5)nc(OC[C@@]56CCCN5C[C@H](F)C6)nc4c3F)c12. The minimum atomic E-state index is -0.961. The first-order valence-electron chi connectivity index (χ1n) is 17.9. The van der Waals surface area contributed by atoms with Crippen molar-refractivity contribution in [3.05, 3.63) is 66.3 Å². The largest absolute Gasteiger partial charge is 0.508 e. The van der Waals surface area contributed by atoms with E-state index in [9.17, 15) is 19.1 Å². The molecule has 53 heavy (non-hydrogen) atoms. The number of hydrogen-bond acceptors (Lipinski definition) is 10. The van der Waals surface area contributed by atoms with E-state index in [0.29, 0.717) is 55.7 Å². The molecule has 0 bridgehead atoms. The van der Waals surface area contributed by atoms with E-state index in [4.69, 9.17) is 9.72 Å². The molecule has 9 rings (SSSR count).